The molecule has 3 rings (SSSR count). The van der Waals surface area contributed by atoms with Gasteiger partial charge >= 0.3 is 0 Å². The predicted molar refractivity (Wildman–Crippen MR) is 108 cm³/mol. The molecule has 0 bridgehead atoms. The molecular weight excluding hydrogens is 389 g/mol. The van der Waals surface area contributed by atoms with E-state index in [0.717, 1.165) is 11.1 Å². The Morgan fingerprint density at radius 2 is 1.58 bits per heavy atom. The molecule has 2 N–H and O–H groups in total. The first-order valence-electron chi connectivity index (χ1n) is 8.01. The summed E-state index contributed by atoms with van der Waals surface area (Å²) >= 11 is 13.6. The average molecular weight is 406 g/mol. The SMILES string of the molecule is Cc1nc(NCc2ccccc2Cl)sc1C(=O)NCc1ccccc1Cl. The number of nitrogens with zero attached hydrogens (tertiary/aromatic N) is 1. The summed E-state index contributed by atoms with van der Waals surface area (Å²) in [5.74, 6) is -0.161. The lowest BCUT2D eigenvalue weighted by molar-refractivity contribution is 0.0954. The van der Waals surface area contributed by atoms with Gasteiger partial charge in [-0.25, -0.2) is 4.98 Å². The largest absolute Gasteiger partial charge is 0.357 e. The van der Waals surface area contributed by atoms with E-state index in [9.17, 15) is 4.79 Å². The van der Waals surface area contributed by atoms with Crippen LogP contribution in [-0.2, 0) is 13.1 Å². The van der Waals surface area contributed by atoms with Gasteiger partial charge in [-0.1, -0.05) is 70.9 Å². The quantitative estimate of drug-likeness (QED) is 0.584. The van der Waals surface area contributed by atoms with E-state index in [-0.39, 0.29) is 5.91 Å². The van der Waals surface area contributed by atoms with Gasteiger partial charge in [0.05, 0.1) is 5.69 Å². The normalized spacial score (nSPS) is 10.6. The Morgan fingerprint density at radius 1 is 1.00 bits per heavy atom. The van der Waals surface area contributed by atoms with Crippen LogP contribution in [0.1, 0.15) is 26.5 Å². The molecule has 1 aromatic heterocycles. The van der Waals surface area contributed by atoms with Crippen molar-refractivity contribution in [2.24, 2.45) is 0 Å². The first kappa shape index (κ1) is 18.7. The molecule has 0 fully saturated rings. The van der Waals surface area contributed by atoms with Gasteiger partial charge in [-0.2, -0.15) is 0 Å². The van der Waals surface area contributed by atoms with Crippen LogP contribution in [0.5, 0.6) is 0 Å². The number of hydrogen-bond donors (Lipinski definition) is 2. The molecule has 0 spiro atoms. The summed E-state index contributed by atoms with van der Waals surface area (Å²) in [6.45, 7) is 2.74. The molecule has 7 heteroatoms. The Morgan fingerprint density at radius 3 is 2.19 bits per heavy atom. The number of nitrogens with one attached hydrogen (secondary N) is 2. The molecule has 0 unspecified atom stereocenters. The molecule has 0 saturated carbocycles. The van der Waals surface area contributed by atoms with Crippen LogP contribution in [0.15, 0.2) is 48.5 Å². The van der Waals surface area contributed by atoms with Gasteiger partial charge < -0.3 is 10.6 Å². The number of rotatable bonds is 6. The van der Waals surface area contributed by atoms with Gasteiger partial charge in [-0.3, -0.25) is 4.79 Å². The Kier molecular flexibility index (Phi) is 6.14. The van der Waals surface area contributed by atoms with Gasteiger partial charge in [0, 0.05) is 23.1 Å². The van der Waals surface area contributed by atoms with E-state index in [1.807, 2.05) is 49.4 Å². The lowest BCUT2D eigenvalue weighted by atomic mass is 10.2. The second-order valence-corrected chi connectivity index (χ2v) is 7.47. The lowest BCUT2D eigenvalue weighted by Crippen LogP contribution is -2.22. The van der Waals surface area contributed by atoms with Crippen molar-refractivity contribution in [1.82, 2.24) is 10.3 Å². The highest BCUT2D eigenvalue weighted by Gasteiger charge is 2.15. The topological polar surface area (TPSA) is 54.0 Å². The van der Waals surface area contributed by atoms with Crippen molar-refractivity contribution in [3.8, 4) is 0 Å². The fourth-order valence-electron chi connectivity index (χ4n) is 2.39. The maximum atomic E-state index is 12.5. The number of carbonyl (C=O) groups is 1. The van der Waals surface area contributed by atoms with Crippen LogP contribution in [-0.4, -0.2) is 10.9 Å². The smallest absolute Gasteiger partial charge is 0.263 e. The molecule has 0 aliphatic carbocycles. The van der Waals surface area contributed by atoms with E-state index in [1.54, 1.807) is 6.07 Å². The fraction of sp³-hybridized carbons (Fsp3) is 0.158. The summed E-state index contributed by atoms with van der Waals surface area (Å²) in [6.07, 6.45) is 0. The Hall–Kier alpha value is -2.08. The van der Waals surface area contributed by atoms with Gasteiger partial charge in [-0.05, 0) is 30.2 Å². The number of anilines is 1. The van der Waals surface area contributed by atoms with E-state index < -0.39 is 0 Å². The number of carbonyl (C=O) groups excluding carboxylic acids is 1. The van der Waals surface area contributed by atoms with Crippen molar-refractivity contribution in [1.29, 1.82) is 0 Å². The zero-order valence-electron chi connectivity index (χ0n) is 14.1. The van der Waals surface area contributed by atoms with Crippen LogP contribution in [0.2, 0.25) is 10.0 Å². The summed E-state index contributed by atoms with van der Waals surface area (Å²) in [5.41, 5.74) is 2.54. The first-order valence-corrected chi connectivity index (χ1v) is 9.58. The molecule has 0 aliphatic rings. The lowest BCUT2D eigenvalue weighted by Gasteiger charge is -2.06. The average Bonchev–Trinajstić information content (AvgIpc) is 3.01. The Bertz CT molecular complexity index is 927. The van der Waals surface area contributed by atoms with Gasteiger partial charge in [-0.15, -0.1) is 0 Å². The third-order valence-corrected chi connectivity index (χ3v) is 5.64. The van der Waals surface area contributed by atoms with Crippen molar-refractivity contribution in [3.05, 3.63) is 80.3 Å². The minimum Gasteiger partial charge on any atom is -0.357 e. The zero-order chi connectivity index (χ0) is 18.5. The van der Waals surface area contributed by atoms with Crippen LogP contribution in [0.3, 0.4) is 0 Å². The van der Waals surface area contributed by atoms with E-state index >= 15 is 0 Å². The summed E-state index contributed by atoms with van der Waals surface area (Å²) in [5, 5.41) is 8.13. The number of benzene rings is 2. The predicted octanol–water partition coefficient (Wildman–Crippen LogP) is 5.30. The van der Waals surface area contributed by atoms with E-state index in [0.29, 0.717) is 38.8 Å². The van der Waals surface area contributed by atoms with Crippen molar-refractivity contribution in [2.45, 2.75) is 20.0 Å². The molecular formula is C19H17Cl2N3OS. The van der Waals surface area contributed by atoms with Crippen LogP contribution < -0.4 is 10.6 Å². The molecule has 1 amide bonds. The molecule has 0 saturated heterocycles. The number of aryl methyl sites for hydroxylation is 1. The van der Waals surface area contributed by atoms with E-state index in [2.05, 4.69) is 15.6 Å². The fourth-order valence-corrected chi connectivity index (χ4v) is 3.68. The molecule has 134 valence electrons. The standard InChI is InChI=1S/C19H17Cl2N3OS/c1-12-17(18(25)22-10-13-6-2-4-8-15(13)20)26-19(24-12)23-11-14-7-3-5-9-16(14)21/h2-9H,10-11H2,1H3,(H,22,25)(H,23,24). The molecule has 3 aromatic rings. The number of halogens is 2. The summed E-state index contributed by atoms with van der Waals surface area (Å²) in [4.78, 5) is 17.5. The summed E-state index contributed by atoms with van der Waals surface area (Å²) in [6, 6.07) is 15.1. The zero-order valence-corrected chi connectivity index (χ0v) is 16.4. The number of amides is 1. The van der Waals surface area contributed by atoms with Gasteiger partial charge in [0.25, 0.3) is 5.91 Å². The second-order valence-electron chi connectivity index (χ2n) is 5.65. The summed E-state index contributed by atoms with van der Waals surface area (Å²) in [7, 11) is 0. The molecule has 1 heterocycles. The molecule has 26 heavy (non-hydrogen) atoms. The second kappa shape index (κ2) is 8.54. The third-order valence-electron chi connectivity index (χ3n) is 3.79. The molecule has 0 radical (unpaired) electrons. The Balaban J connectivity index is 1.63. The highest BCUT2D eigenvalue weighted by atomic mass is 35.5. The molecule has 2 aromatic carbocycles. The number of thiazole rings is 1. The van der Waals surface area contributed by atoms with Crippen molar-refractivity contribution >= 4 is 45.6 Å². The van der Waals surface area contributed by atoms with Crippen LogP contribution in [0, 0.1) is 6.92 Å². The van der Waals surface area contributed by atoms with Gasteiger partial charge in [0.2, 0.25) is 0 Å². The third kappa shape index (κ3) is 4.55. The molecule has 4 nitrogen and oxygen atoms in total. The first-order chi connectivity index (χ1) is 12.5. The van der Waals surface area contributed by atoms with Crippen molar-refractivity contribution in [3.63, 3.8) is 0 Å². The van der Waals surface area contributed by atoms with Gasteiger partial charge in [0.1, 0.15) is 4.88 Å². The number of aromatic nitrogens is 1. The molecule has 0 atom stereocenters. The monoisotopic (exact) mass is 405 g/mol. The molecule has 0 aliphatic heterocycles. The minimum absolute atomic E-state index is 0.161. The maximum Gasteiger partial charge on any atom is 0.263 e. The van der Waals surface area contributed by atoms with Crippen LogP contribution in [0.25, 0.3) is 0 Å². The van der Waals surface area contributed by atoms with Crippen LogP contribution >= 0.6 is 34.5 Å². The van der Waals surface area contributed by atoms with Crippen LogP contribution in [0.4, 0.5) is 5.13 Å². The van der Waals surface area contributed by atoms with Crippen molar-refractivity contribution in [2.75, 3.05) is 5.32 Å². The highest BCUT2D eigenvalue weighted by Crippen LogP contribution is 2.24. The van der Waals surface area contributed by atoms with Crippen molar-refractivity contribution < 1.29 is 4.79 Å². The van der Waals surface area contributed by atoms with Gasteiger partial charge in [0.15, 0.2) is 5.13 Å². The van der Waals surface area contributed by atoms with E-state index in [4.69, 9.17) is 23.2 Å². The minimum atomic E-state index is -0.161. The highest BCUT2D eigenvalue weighted by molar-refractivity contribution is 7.17. The maximum absolute atomic E-state index is 12.5. The number of hydrogen-bond acceptors (Lipinski definition) is 4. The summed E-state index contributed by atoms with van der Waals surface area (Å²) < 4.78 is 0. The van der Waals surface area contributed by atoms with E-state index in [1.165, 1.54) is 11.3 Å². The Labute approximate surface area is 166 Å².